The minimum absolute atomic E-state index is 0.635. The summed E-state index contributed by atoms with van der Waals surface area (Å²) in [6.45, 7) is 2.67. The molecule has 2 aliphatic heterocycles. The van der Waals surface area contributed by atoms with Crippen LogP contribution in [0.15, 0.2) is 22.8 Å². The van der Waals surface area contributed by atoms with Gasteiger partial charge < -0.3 is 14.4 Å². The molecule has 1 saturated carbocycles. The van der Waals surface area contributed by atoms with E-state index in [2.05, 4.69) is 19.0 Å². The third kappa shape index (κ3) is 3.36. The second-order valence-corrected chi connectivity index (χ2v) is 7.13. The van der Waals surface area contributed by atoms with E-state index in [-0.39, 0.29) is 0 Å². The lowest BCUT2D eigenvalue weighted by atomic mass is 9.70. The highest BCUT2D eigenvalue weighted by atomic mass is 16.7. The molecule has 0 spiro atoms. The van der Waals surface area contributed by atoms with Crippen molar-refractivity contribution in [1.82, 2.24) is 9.96 Å². The van der Waals surface area contributed by atoms with Gasteiger partial charge in [-0.2, -0.15) is 0 Å². The average molecular weight is 322 g/mol. The lowest BCUT2D eigenvalue weighted by Crippen LogP contribution is -2.38. The van der Waals surface area contributed by atoms with Gasteiger partial charge in [-0.25, -0.2) is 5.06 Å². The number of allylic oxidation sites excluding steroid dienone is 2. The molecule has 0 aromatic heterocycles. The molecular weight excluding hydrogens is 292 g/mol. The first-order valence-electron chi connectivity index (χ1n) is 8.73. The number of methoxy groups -OCH3 is 1. The van der Waals surface area contributed by atoms with Gasteiger partial charge in [0.1, 0.15) is 12.3 Å². The van der Waals surface area contributed by atoms with Crippen molar-refractivity contribution in [1.29, 1.82) is 0 Å². The maximum Gasteiger partial charge on any atom is 0.217 e. The molecule has 0 saturated heterocycles. The molecule has 0 radical (unpaired) electrons. The highest BCUT2D eigenvalue weighted by Gasteiger charge is 2.40. The summed E-state index contributed by atoms with van der Waals surface area (Å²) in [5.41, 5.74) is 2.74. The Morgan fingerprint density at radius 1 is 1.30 bits per heavy atom. The fourth-order valence-electron chi connectivity index (χ4n) is 4.28. The molecular formula is C18H30N2O3. The minimum atomic E-state index is 0.635. The smallest absolute Gasteiger partial charge is 0.217 e. The second kappa shape index (κ2) is 7.14. The van der Waals surface area contributed by atoms with E-state index in [1.54, 1.807) is 14.2 Å². The number of ether oxygens (including phenoxy) is 2. The number of hydroxylamine groups is 2. The Morgan fingerprint density at radius 2 is 2.13 bits per heavy atom. The van der Waals surface area contributed by atoms with Crippen molar-refractivity contribution < 1.29 is 14.3 Å². The maximum atomic E-state index is 5.95. The van der Waals surface area contributed by atoms with Gasteiger partial charge in [0.15, 0.2) is 0 Å². The van der Waals surface area contributed by atoms with Crippen molar-refractivity contribution in [2.24, 2.45) is 11.8 Å². The van der Waals surface area contributed by atoms with Crippen LogP contribution in [0, 0.1) is 11.8 Å². The Morgan fingerprint density at radius 3 is 2.83 bits per heavy atom. The Labute approximate surface area is 139 Å². The minimum Gasteiger partial charge on any atom is -0.496 e. The zero-order valence-corrected chi connectivity index (χ0v) is 14.9. The summed E-state index contributed by atoms with van der Waals surface area (Å²) in [6.07, 6.45) is 6.05. The molecule has 23 heavy (non-hydrogen) atoms. The van der Waals surface area contributed by atoms with Crippen LogP contribution in [0.4, 0.5) is 0 Å². The van der Waals surface area contributed by atoms with Gasteiger partial charge in [-0.05, 0) is 64.6 Å². The highest BCUT2D eigenvalue weighted by Crippen LogP contribution is 2.48. The predicted molar refractivity (Wildman–Crippen MR) is 89.3 cm³/mol. The lowest BCUT2D eigenvalue weighted by molar-refractivity contribution is -0.142. The SMILES string of the molecule is COC1=C2CC(CCCN(C)C)CC3CCOC(=C23)CN1OC. The van der Waals surface area contributed by atoms with Crippen molar-refractivity contribution in [3.63, 3.8) is 0 Å². The predicted octanol–water partition coefficient (Wildman–Crippen LogP) is 2.76. The third-order valence-corrected chi connectivity index (χ3v) is 5.29. The van der Waals surface area contributed by atoms with E-state index in [1.165, 1.54) is 37.0 Å². The van der Waals surface area contributed by atoms with Gasteiger partial charge in [0.2, 0.25) is 5.88 Å². The van der Waals surface area contributed by atoms with Gasteiger partial charge >= 0.3 is 0 Å². The highest BCUT2D eigenvalue weighted by molar-refractivity contribution is 5.43. The summed E-state index contributed by atoms with van der Waals surface area (Å²) in [5.74, 6) is 3.36. The van der Waals surface area contributed by atoms with Crippen molar-refractivity contribution in [3.8, 4) is 0 Å². The van der Waals surface area contributed by atoms with Crippen molar-refractivity contribution in [2.45, 2.75) is 32.1 Å². The Bertz CT molecular complexity index is 498. The van der Waals surface area contributed by atoms with Gasteiger partial charge in [-0.3, -0.25) is 4.84 Å². The van der Waals surface area contributed by atoms with Gasteiger partial charge in [0.05, 0.1) is 20.8 Å². The summed E-state index contributed by atoms with van der Waals surface area (Å²) in [4.78, 5) is 7.78. The summed E-state index contributed by atoms with van der Waals surface area (Å²) in [7, 11) is 7.74. The van der Waals surface area contributed by atoms with Crippen molar-refractivity contribution >= 4 is 0 Å². The van der Waals surface area contributed by atoms with Crippen LogP contribution in [0.3, 0.4) is 0 Å². The van der Waals surface area contributed by atoms with Gasteiger partial charge in [-0.1, -0.05) is 0 Å². The summed E-state index contributed by atoms with van der Waals surface area (Å²) >= 11 is 0. The maximum absolute atomic E-state index is 5.95. The molecule has 2 heterocycles. The molecule has 0 aromatic rings. The van der Waals surface area contributed by atoms with E-state index in [1.807, 2.05) is 5.06 Å². The molecule has 2 unspecified atom stereocenters. The molecule has 5 nitrogen and oxygen atoms in total. The van der Waals surface area contributed by atoms with Crippen LogP contribution >= 0.6 is 0 Å². The summed E-state index contributed by atoms with van der Waals surface area (Å²) in [6, 6.07) is 0. The molecule has 5 heteroatoms. The summed E-state index contributed by atoms with van der Waals surface area (Å²) < 4.78 is 11.7. The fraction of sp³-hybridized carbons (Fsp3) is 0.778. The van der Waals surface area contributed by atoms with E-state index in [0.717, 1.165) is 37.0 Å². The molecule has 3 rings (SSSR count). The first kappa shape index (κ1) is 16.7. The Kier molecular flexibility index (Phi) is 5.17. The van der Waals surface area contributed by atoms with Crippen LogP contribution in [0.25, 0.3) is 0 Å². The zero-order valence-electron chi connectivity index (χ0n) is 14.9. The van der Waals surface area contributed by atoms with Gasteiger partial charge in [-0.15, -0.1) is 0 Å². The molecule has 0 amide bonds. The Balaban J connectivity index is 1.82. The van der Waals surface area contributed by atoms with Gasteiger partial charge in [0, 0.05) is 11.1 Å². The van der Waals surface area contributed by atoms with E-state index in [0.29, 0.717) is 12.5 Å². The topological polar surface area (TPSA) is 34.2 Å². The zero-order chi connectivity index (χ0) is 16.4. The van der Waals surface area contributed by atoms with Crippen LogP contribution < -0.4 is 0 Å². The molecule has 1 fully saturated rings. The van der Waals surface area contributed by atoms with Crippen LogP contribution in [0.2, 0.25) is 0 Å². The number of nitrogens with zero attached hydrogens (tertiary/aromatic N) is 2. The van der Waals surface area contributed by atoms with E-state index in [4.69, 9.17) is 14.3 Å². The monoisotopic (exact) mass is 322 g/mol. The third-order valence-electron chi connectivity index (χ3n) is 5.29. The van der Waals surface area contributed by atoms with Crippen LogP contribution in [-0.2, 0) is 14.3 Å². The van der Waals surface area contributed by atoms with E-state index < -0.39 is 0 Å². The molecule has 0 bridgehead atoms. The average Bonchev–Trinajstić information content (AvgIpc) is 2.54. The molecule has 130 valence electrons. The molecule has 2 atom stereocenters. The number of hydrogen-bond acceptors (Lipinski definition) is 5. The van der Waals surface area contributed by atoms with Crippen molar-refractivity contribution in [3.05, 3.63) is 22.8 Å². The first-order chi connectivity index (χ1) is 11.1. The molecule has 0 N–H and O–H groups in total. The molecule has 1 aliphatic carbocycles. The number of hydrogen-bond donors (Lipinski definition) is 0. The quantitative estimate of drug-likeness (QED) is 0.751. The van der Waals surface area contributed by atoms with E-state index in [9.17, 15) is 0 Å². The molecule has 3 aliphatic rings. The largest absolute Gasteiger partial charge is 0.496 e. The fourth-order valence-corrected chi connectivity index (χ4v) is 4.28. The Hall–Kier alpha value is -1.20. The normalized spacial score (nSPS) is 27.3. The van der Waals surface area contributed by atoms with E-state index >= 15 is 0 Å². The van der Waals surface area contributed by atoms with Crippen LogP contribution in [-0.4, -0.2) is 58.0 Å². The van der Waals surface area contributed by atoms with Crippen LogP contribution in [0.5, 0.6) is 0 Å². The summed E-state index contributed by atoms with van der Waals surface area (Å²) in [5, 5.41) is 1.83. The van der Waals surface area contributed by atoms with Crippen molar-refractivity contribution in [2.75, 3.05) is 48.0 Å². The number of rotatable bonds is 6. The second-order valence-electron chi connectivity index (χ2n) is 7.13. The van der Waals surface area contributed by atoms with Gasteiger partial charge in [0.25, 0.3) is 0 Å². The standard InChI is InChI=1S/C18H30N2O3/c1-19(2)8-5-6-13-10-14-7-9-23-16-12-20(22-4)18(21-3)15(11-13)17(14)16/h13-14H,5-12H2,1-4H3. The first-order valence-corrected chi connectivity index (χ1v) is 8.73. The molecule has 0 aromatic carbocycles. The lowest BCUT2D eigenvalue weighted by Gasteiger charge is -2.43. The van der Waals surface area contributed by atoms with Crippen LogP contribution in [0.1, 0.15) is 32.1 Å².